The number of phenols is 4. The van der Waals surface area contributed by atoms with Crippen LogP contribution in [-0.4, -0.2) is 42.2 Å². The summed E-state index contributed by atoms with van der Waals surface area (Å²) in [6, 6.07) is 8.60. The number of thiazole rings is 2. The van der Waals surface area contributed by atoms with Crippen molar-refractivity contribution in [1.82, 2.24) is 9.97 Å². The molecule has 0 fully saturated rings. The molecular formula is C26H28N4O6S2. The molecule has 2 aromatic carbocycles. The molecule has 0 saturated carbocycles. The average Bonchev–Trinajstić information content (AvgIpc) is 3.49. The summed E-state index contributed by atoms with van der Waals surface area (Å²) in [4.78, 5) is 31.6. The second-order valence-corrected chi connectivity index (χ2v) is 10.5. The van der Waals surface area contributed by atoms with Gasteiger partial charge in [-0.1, -0.05) is 27.7 Å². The monoisotopic (exact) mass is 556 g/mol. The average molecular weight is 557 g/mol. The highest BCUT2D eigenvalue weighted by Crippen LogP contribution is 2.35. The number of anilines is 2. The van der Waals surface area contributed by atoms with Gasteiger partial charge in [0.2, 0.25) is 11.8 Å². The molecule has 6 N–H and O–H groups in total. The van der Waals surface area contributed by atoms with E-state index >= 15 is 0 Å². The van der Waals surface area contributed by atoms with Gasteiger partial charge in [0.15, 0.2) is 10.3 Å². The number of hydrogen-bond donors (Lipinski definition) is 6. The molecule has 2 heterocycles. The number of benzene rings is 2. The molecule has 0 aliphatic rings. The molecule has 0 spiro atoms. The largest absolute Gasteiger partial charge is 0.508 e. The number of rotatable bonds is 6. The van der Waals surface area contributed by atoms with Gasteiger partial charge in [-0.05, 0) is 24.3 Å². The Kier molecular flexibility index (Phi) is 9.26. The summed E-state index contributed by atoms with van der Waals surface area (Å²) < 4.78 is 0. The molecule has 0 radical (unpaired) electrons. The lowest BCUT2D eigenvalue weighted by Gasteiger charge is -2.04. The lowest BCUT2D eigenvalue weighted by atomic mass is 10.1. The van der Waals surface area contributed by atoms with Crippen LogP contribution in [0.25, 0.3) is 22.5 Å². The van der Waals surface area contributed by atoms with E-state index in [2.05, 4.69) is 20.6 Å². The lowest BCUT2D eigenvalue weighted by molar-refractivity contribution is -0.119. The normalized spacial score (nSPS) is 10.7. The van der Waals surface area contributed by atoms with Crippen molar-refractivity contribution >= 4 is 44.8 Å². The maximum atomic E-state index is 11.5. The minimum Gasteiger partial charge on any atom is -0.508 e. The molecule has 0 bridgehead atoms. The topological polar surface area (TPSA) is 165 Å². The van der Waals surface area contributed by atoms with E-state index in [9.17, 15) is 30.0 Å². The number of phenolic OH excluding ortho intramolecular Hbond substituents is 4. The quantitative estimate of drug-likeness (QED) is 0.178. The minimum atomic E-state index is -0.116. The summed E-state index contributed by atoms with van der Waals surface area (Å²) in [5, 5.41) is 47.8. The van der Waals surface area contributed by atoms with Gasteiger partial charge in [-0.3, -0.25) is 9.59 Å². The van der Waals surface area contributed by atoms with Crippen molar-refractivity contribution in [2.45, 2.75) is 27.7 Å². The summed E-state index contributed by atoms with van der Waals surface area (Å²) in [6.07, 6.45) is 0. The second-order valence-electron chi connectivity index (χ2n) is 8.77. The van der Waals surface area contributed by atoms with Gasteiger partial charge in [-0.2, -0.15) is 0 Å². The number of carbonyl (C=O) groups is 2. The fourth-order valence-electron chi connectivity index (χ4n) is 2.88. The molecule has 0 aliphatic carbocycles. The first kappa shape index (κ1) is 28.4. The van der Waals surface area contributed by atoms with Gasteiger partial charge in [0, 0.05) is 45.9 Å². The number of aromatic hydroxyl groups is 4. The van der Waals surface area contributed by atoms with Crippen LogP contribution in [0.1, 0.15) is 27.7 Å². The third-order valence-corrected chi connectivity index (χ3v) is 6.55. The Morgan fingerprint density at radius 2 is 1.05 bits per heavy atom. The van der Waals surface area contributed by atoms with Crippen molar-refractivity contribution in [3.8, 4) is 45.5 Å². The van der Waals surface area contributed by atoms with E-state index in [4.69, 9.17) is 0 Å². The zero-order chi connectivity index (χ0) is 28.0. The van der Waals surface area contributed by atoms with E-state index in [1.54, 1.807) is 50.6 Å². The maximum Gasteiger partial charge on any atom is 0.228 e. The molecule has 2 amide bonds. The van der Waals surface area contributed by atoms with Crippen LogP contribution >= 0.6 is 22.7 Å². The van der Waals surface area contributed by atoms with Gasteiger partial charge in [0.05, 0.1) is 11.4 Å². The predicted octanol–water partition coefficient (Wildman–Crippen LogP) is 5.63. The van der Waals surface area contributed by atoms with Crippen LogP contribution in [0.4, 0.5) is 10.3 Å². The first-order valence-electron chi connectivity index (χ1n) is 11.5. The Hall–Kier alpha value is -4.16. The molecule has 0 aliphatic heterocycles. The maximum absolute atomic E-state index is 11.5. The Morgan fingerprint density at radius 1 is 0.684 bits per heavy atom. The second kappa shape index (κ2) is 12.4. The van der Waals surface area contributed by atoms with E-state index in [-0.39, 0.29) is 46.6 Å². The molecule has 10 nitrogen and oxygen atoms in total. The van der Waals surface area contributed by atoms with Crippen LogP contribution in [0.2, 0.25) is 0 Å². The lowest BCUT2D eigenvalue weighted by Crippen LogP contribution is -2.17. The number of aromatic nitrogens is 2. The predicted molar refractivity (Wildman–Crippen MR) is 149 cm³/mol. The van der Waals surface area contributed by atoms with Gasteiger partial charge >= 0.3 is 0 Å². The fraction of sp³-hybridized carbons (Fsp3) is 0.231. The third-order valence-electron chi connectivity index (χ3n) is 5.03. The van der Waals surface area contributed by atoms with E-state index in [1.807, 2.05) is 0 Å². The fourth-order valence-corrected chi connectivity index (χ4v) is 4.31. The highest BCUT2D eigenvalue weighted by atomic mass is 32.1. The van der Waals surface area contributed by atoms with Crippen LogP contribution in [-0.2, 0) is 9.59 Å². The molecule has 2 aromatic heterocycles. The number of nitrogens with one attached hydrogen (secondary N) is 2. The smallest absolute Gasteiger partial charge is 0.228 e. The minimum absolute atomic E-state index is 0.00943. The third kappa shape index (κ3) is 7.43. The summed E-state index contributed by atoms with van der Waals surface area (Å²) in [7, 11) is 0. The van der Waals surface area contributed by atoms with Crippen molar-refractivity contribution in [3.05, 3.63) is 47.2 Å². The van der Waals surface area contributed by atoms with E-state index in [0.717, 1.165) is 0 Å². The van der Waals surface area contributed by atoms with Gasteiger partial charge in [-0.25, -0.2) is 9.97 Å². The molecular weight excluding hydrogens is 528 g/mol. The van der Waals surface area contributed by atoms with Crippen molar-refractivity contribution in [2.24, 2.45) is 11.8 Å². The number of nitrogens with zero attached hydrogens (tertiary/aromatic N) is 2. The highest BCUT2D eigenvalue weighted by molar-refractivity contribution is 7.14. The Balaban J connectivity index is 0.000000211. The SMILES string of the molecule is CC(C)C(=O)Nc1nc(-c2ccc(O)cc2O)cs1.CC(C)C(=O)Nc1nc(-c2ccc(O)cc2O)cs1. The van der Waals surface area contributed by atoms with E-state index in [0.29, 0.717) is 32.8 Å². The number of amides is 2. The molecule has 4 rings (SSSR count). The summed E-state index contributed by atoms with van der Waals surface area (Å²) in [5.74, 6) is -0.552. The van der Waals surface area contributed by atoms with Crippen molar-refractivity contribution in [3.63, 3.8) is 0 Å². The highest BCUT2D eigenvalue weighted by Gasteiger charge is 2.14. The van der Waals surface area contributed by atoms with Crippen LogP contribution < -0.4 is 10.6 Å². The standard InChI is InChI=1S/2C13H14N2O3S/c2*1-7(2)12(18)15-13-14-10(6-19-13)9-4-3-8(16)5-11(9)17/h2*3-7,16-17H,1-2H3,(H,14,15,18). The number of carbonyl (C=O) groups excluding carboxylic acids is 2. The molecule has 0 unspecified atom stereocenters. The van der Waals surface area contributed by atoms with Gasteiger partial charge in [0.25, 0.3) is 0 Å². The van der Waals surface area contributed by atoms with Gasteiger partial charge in [-0.15, -0.1) is 22.7 Å². The van der Waals surface area contributed by atoms with Crippen LogP contribution in [0.3, 0.4) is 0 Å². The van der Waals surface area contributed by atoms with Crippen molar-refractivity contribution < 1.29 is 30.0 Å². The van der Waals surface area contributed by atoms with E-state index in [1.165, 1.54) is 46.9 Å². The van der Waals surface area contributed by atoms with Crippen LogP contribution in [0, 0.1) is 11.8 Å². The molecule has 38 heavy (non-hydrogen) atoms. The summed E-state index contributed by atoms with van der Waals surface area (Å²) in [5.41, 5.74) is 2.14. The van der Waals surface area contributed by atoms with E-state index < -0.39 is 0 Å². The molecule has 0 atom stereocenters. The van der Waals surface area contributed by atoms with Gasteiger partial charge in [0.1, 0.15) is 23.0 Å². The molecule has 0 saturated heterocycles. The van der Waals surface area contributed by atoms with Crippen LogP contribution in [0.5, 0.6) is 23.0 Å². The number of hydrogen-bond acceptors (Lipinski definition) is 10. The van der Waals surface area contributed by atoms with Crippen LogP contribution in [0.15, 0.2) is 47.2 Å². The Morgan fingerprint density at radius 3 is 1.37 bits per heavy atom. The molecule has 12 heteroatoms. The van der Waals surface area contributed by atoms with Crippen molar-refractivity contribution in [1.29, 1.82) is 0 Å². The molecule has 200 valence electrons. The summed E-state index contributed by atoms with van der Waals surface area (Å²) in [6.45, 7) is 7.20. The Labute approximate surface area is 227 Å². The summed E-state index contributed by atoms with van der Waals surface area (Å²) >= 11 is 2.57. The van der Waals surface area contributed by atoms with Gasteiger partial charge < -0.3 is 31.1 Å². The first-order valence-corrected chi connectivity index (χ1v) is 13.3. The zero-order valence-electron chi connectivity index (χ0n) is 21.1. The first-order chi connectivity index (χ1) is 17.9. The zero-order valence-corrected chi connectivity index (χ0v) is 22.7. The Bertz CT molecular complexity index is 1320. The molecule has 4 aromatic rings. The van der Waals surface area contributed by atoms with Crippen molar-refractivity contribution in [2.75, 3.05) is 10.6 Å².